The van der Waals surface area contributed by atoms with Gasteiger partial charge in [-0.25, -0.2) is 0 Å². The van der Waals surface area contributed by atoms with E-state index in [0.717, 1.165) is 0 Å². The van der Waals surface area contributed by atoms with Crippen LogP contribution in [0.1, 0.15) is 34.6 Å². The molecule has 1 aliphatic rings. The highest BCUT2D eigenvalue weighted by Crippen LogP contribution is 2.28. The van der Waals surface area contributed by atoms with Crippen molar-refractivity contribution in [2.24, 2.45) is 0 Å². The van der Waals surface area contributed by atoms with Crippen molar-refractivity contribution in [3.63, 3.8) is 0 Å². The molecule has 0 radical (unpaired) electrons. The maximum absolute atomic E-state index is 11.4. The number of rotatable bonds is 5. The zero-order valence-corrected chi connectivity index (χ0v) is 14.3. The number of hydrogen-bond acceptors (Lipinski definition) is 9. The first-order valence-electron chi connectivity index (χ1n) is 7.42. The third-order valence-corrected chi connectivity index (χ3v) is 3.22. The Morgan fingerprint density at radius 3 is 1.67 bits per heavy atom. The van der Waals surface area contributed by atoms with Crippen molar-refractivity contribution in [1.29, 1.82) is 0 Å². The van der Waals surface area contributed by atoms with Gasteiger partial charge in [0.2, 0.25) is 0 Å². The lowest BCUT2D eigenvalue weighted by molar-refractivity contribution is -0.249. The van der Waals surface area contributed by atoms with Crippen molar-refractivity contribution < 1.29 is 42.9 Å². The molecule has 0 N–H and O–H groups in total. The van der Waals surface area contributed by atoms with Crippen LogP contribution >= 0.6 is 0 Å². The van der Waals surface area contributed by atoms with Gasteiger partial charge < -0.3 is 23.7 Å². The first-order chi connectivity index (χ1) is 11.1. The molecule has 0 aromatic carbocycles. The van der Waals surface area contributed by atoms with E-state index in [-0.39, 0.29) is 6.61 Å². The third kappa shape index (κ3) is 5.80. The summed E-state index contributed by atoms with van der Waals surface area (Å²) >= 11 is 0. The average molecular weight is 346 g/mol. The second-order valence-corrected chi connectivity index (χ2v) is 5.40. The summed E-state index contributed by atoms with van der Waals surface area (Å²) in [5.41, 5.74) is 0. The van der Waals surface area contributed by atoms with Crippen LogP contribution in [0.15, 0.2) is 0 Å². The van der Waals surface area contributed by atoms with Gasteiger partial charge in [0.1, 0.15) is 12.7 Å². The second-order valence-electron chi connectivity index (χ2n) is 5.40. The van der Waals surface area contributed by atoms with Gasteiger partial charge in [-0.3, -0.25) is 19.2 Å². The molecule has 0 aromatic heterocycles. The minimum absolute atomic E-state index is 0.206. The molecule has 1 fully saturated rings. The molecule has 1 rings (SSSR count). The van der Waals surface area contributed by atoms with Crippen molar-refractivity contribution in [2.45, 2.75) is 65.1 Å². The molecule has 5 atom stereocenters. The molecule has 0 amide bonds. The van der Waals surface area contributed by atoms with Crippen LogP contribution in [0.5, 0.6) is 0 Å². The predicted molar refractivity (Wildman–Crippen MR) is 77.6 cm³/mol. The molecule has 1 saturated heterocycles. The van der Waals surface area contributed by atoms with Gasteiger partial charge in [-0.05, 0) is 6.92 Å². The van der Waals surface area contributed by atoms with Crippen LogP contribution < -0.4 is 0 Å². The molecule has 0 bridgehead atoms. The largest absolute Gasteiger partial charge is 0.463 e. The second kappa shape index (κ2) is 8.62. The minimum atomic E-state index is -1.09. The van der Waals surface area contributed by atoms with Gasteiger partial charge in [-0.1, -0.05) is 0 Å². The number of esters is 4. The van der Waals surface area contributed by atoms with Gasteiger partial charge in [0.05, 0.1) is 6.10 Å². The molecule has 0 spiro atoms. The first-order valence-corrected chi connectivity index (χ1v) is 7.42. The SMILES string of the molecule is CC(=O)OC[C@@H]1OC(C)[C@@H](OC(C)=O)[C@H](OC(C)=O)[C@H]1OC(C)=O. The lowest BCUT2D eigenvalue weighted by Gasteiger charge is -2.43. The summed E-state index contributed by atoms with van der Waals surface area (Å²) in [6.07, 6.45) is -4.69. The Hall–Kier alpha value is -2.16. The summed E-state index contributed by atoms with van der Waals surface area (Å²) in [6, 6.07) is 0. The van der Waals surface area contributed by atoms with Crippen LogP contribution in [0.4, 0.5) is 0 Å². The summed E-state index contributed by atoms with van der Waals surface area (Å²) in [7, 11) is 0. The number of carbonyl (C=O) groups excluding carboxylic acids is 4. The standard InChI is InChI=1S/C15H22O9/c1-7-13(22-9(3)17)15(24-11(5)19)14(23-10(4)18)12(21-7)6-20-8(2)16/h7,12-15H,6H2,1-5H3/t7?,12-,13+,14-,15-/m0/s1. The van der Waals surface area contributed by atoms with Gasteiger partial charge in [0.15, 0.2) is 18.3 Å². The Bertz CT molecular complexity index is 501. The van der Waals surface area contributed by atoms with Crippen molar-refractivity contribution in [1.82, 2.24) is 0 Å². The van der Waals surface area contributed by atoms with Crippen LogP contribution in [0.3, 0.4) is 0 Å². The Morgan fingerprint density at radius 1 is 0.750 bits per heavy atom. The molecule has 9 nitrogen and oxygen atoms in total. The van der Waals surface area contributed by atoms with Crippen LogP contribution in [0, 0.1) is 0 Å². The first kappa shape index (κ1) is 19.9. The highest BCUT2D eigenvalue weighted by molar-refractivity contribution is 5.68. The normalized spacial score (nSPS) is 29.3. The monoisotopic (exact) mass is 346 g/mol. The molecule has 1 aliphatic heterocycles. The van der Waals surface area contributed by atoms with Crippen LogP contribution in [-0.4, -0.2) is 61.0 Å². The number of ether oxygens (including phenoxy) is 5. The number of carbonyl (C=O) groups is 4. The van der Waals surface area contributed by atoms with Gasteiger partial charge >= 0.3 is 23.9 Å². The lowest BCUT2D eigenvalue weighted by Crippen LogP contribution is -2.61. The summed E-state index contributed by atoms with van der Waals surface area (Å²) in [5, 5.41) is 0. The Balaban J connectivity index is 3.11. The van der Waals surface area contributed by atoms with E-state index >= 15 is 0 Å². The van der Waals surface area contributed by atoms with E-state index in [2.05, 4.69) is 0 Å². The van der Waals surface area contributed by atoms with Gasteiger partial charge in [0, 0.05) is 27.7 Å². The van der Waals surface area contributed by atoms with E-state index in [1.807, 2.05) is 0 Å². The Kier molecular flexibility index (Phi) is 7.15. The van der Waals surface area contributed by atoms with E-state index in [9.17, 15) is 19.2 Å². The highest BCUT2D eigenvalue weighted by Gasteiger charge is 2.50. The summed E-state index contributed by atoms with van der Waals surface area (Å²) < 4.78 is 26.1. The zero-order chi connectivity index (χ0) is 18.4. The summed E-state index contributed by atoms with van der Waals surface area (Å²) in [4.78, 5) is 45.2. The number of hydrogen-bond donors (Lipinski definition) is 0. The van der Waals surface area contributed by atoms with E-state index in [0.29, 0.717) is 0 Å². The zero-order valence-electron chi connectivity index (χ0n) is 14.3. The molecule has 0 saturated carbocycles. The molecular formula is C15H22O9. The van der Waals surface area contributed by atoms with E-state index in [1.54, 1.807) is 6.92 Å². The van der Waals surface area contributed by atoms with Crippen LogP contribution in [0.2, 0.25) is 0 Å². The fourth-order valence-corrected chi connectivity index (χ4v) is 2.44. The van der Waals surface area contributed by atoms with Crippen molar-refractivity contribution in [3.8, 4) is 0 Å². The smallest absolute Gasteiger partial charge is 0.303 e. The molecule has 0 aromatic rings. The molecular weight excluding hydrogens is 324 g/mol. The highest BCUT2D eigenvalue weighted by atomic mass is 16.7. The van der Waals surface area contributed by atoms with Gasteiger partial charge in [-0.2, -0.15) is 0 Å². The average Bonchev–Trinajstić information content (AvgIpc) is 2.42. The van der Waals surface area contributed by atoms with E-state index in [4.69, 9.17) is 23.7 Å². The molecule has 1 heterocycles. The van der Waals surface area contributed by atoms with Crippen LogP contribution in [-0.2, 0) is 42.9 Å². The molecule has 136 valence electrons. The lowest BCUT2D eigenvalue weighted by atomic mass is 9.95. The van der Waals surface area contributed by atoms with Crippen molar-refractivity contribution >= 4 is 23.9 Å². The Morgan fingerprint density at radius 2 is 1.21 bits per heavy atom. The van der Waals surface area contributed by atoms with Crippen molar-refractivity contribution in [2.75, 3.05) is 6.61 Å². The predicted octanol–water partition coefficient (Wildman–Crippen LogP) is 0.132. The Labute approximate surface area is 139 Å². The summed E-state index contributed by atoms with van der Waals surface area (Å²) in [6.45, 7) is 6.17. The third-order valence-electron chi connectivity index (χ3n) is 3.22. The van der Waals surface area contributed by atoms with E-state index in [1.165, 1.54) is 27.7 Å². The van der Waals surface area contributed by atoms with Gasteiger partial charge in [-0.15, -0.1) is 0 Å². The fraction of sp³-hybridized carbons (Fsp3) is 0.733. The molecule has 9 heteroatoms. The quantitative estimate of drug-likeness (QED) is 0.506. The van der Waals surface area contributed by atoms with Crippen molar-refractivity contribution in [3.05, 3.63) is 0 Å². The van der Waals surface area contributed by atoms with Crippen LogP contribution in [0.25, 0.3) is 0 Å². The van der Waals surface area contributed by atoms with Gasteiger partial charge in [0.25, 0.3) is 0 Å². The fourth-order valence-electron chi connectivity index (χ4n) is 2.44. The molecule has 0 aliphatic carbocycles. The molecule has 1 unspecified atom stereocenters. The topological polar surface area (TPSA) is 114 Å². The summed E-state index contributed by atoms with van der Waals surface area (Å²) in [5.74, 6) is -2.44. The van der Waals surface area contributed by atoms with E-state index < -0.39 is 54.4 Å². The maximum atomic E-state index is 11.4. The minimum Gasteiger partial charge on any atom is -0.463 e. The molecule has 24 heavy (non-hydrogen) atoms. The maximum Gasteiger partial charge on any atom is 0.303 e.